The summed E-state index contributed by atoms with van der Waals surface area (Å²) in [6.07, 6.45) is 1.71. The molecule has 1 amide bonds. The van der Waals surface area contributed by atoms with Crippen LogP contribution in [0, 0.1) is 13.8 Å². The highest BCUT2D eigenvalue weighted by Crippen LogP contribution is 2.20. The number of nitrogens with zero attached hydrogens (tertiary/aromatic N) is 4. The number of methoxy groups -OCH3 is 1. The Labute approximate surface area is 181 Å². The summed E-state index contributed by atoms with van der Waals surface area (Å²) < 4.78 is 8.99. The van der Waals surface area contributed by atoms with Gasteiger partial charge >= 0.3 is 0 Å². The predicted molar refractivity (Wildman–Crippen MR) is 119 cm³/mol. The van der Waals surface area contributed by atoms with Crippen LogP contribution < -0.4 is 10.1 Å². The Morgan fingerprint density at radius 1 is 1.00 bits per heavy atom. The molecule has 0 bridgehead atoms. The molecule has 0 spiro atoms. The van der Waals surface area contributed by atoms with Crippen LogP contribution in [0.3, 0.4) is 0 Å². The van der Waals surface area contributed by atoms with E-state index in [1.165, 1.54) is 12.7 Å². The van der Waals surface area contributed by atoms with E-state index in [-0.39, 0.29) is 11.6 Å². The number of aryl methyl sites for hydroxylation is 1. The van der Waals surface area contributed by atoms with Crippen LogP contribution in [-0.4, -0.2) is 32.6 Å². The third-order valence-corrected chi connectivity index (χ3v) is 5.27. The number of benzene rings is 2. The van der Waals surface area contributed by atoms with Crippen molar-refractivity contribution >= 4 is 5.91 Å². The first-order chi connectivity index (χ1) is 15.1. The summed E-state index contributed by atoms with van der Waals surface area (Å²) in [5.41, 5.74) is 5.22. The molecule has 2 aromatic carbocycles. The Balaban J connectivity index is 1.50. The number of rotatable bonds is 7. The minimum Gasteiger partial charge on any atom is -0.493 e. The van der Waals surface area contributed by atoms with Crippen molar-refractivity contribution in [2.45, 2.75) is 26.9 Å². The standard InChI is InChI=1S/C24H25N5O2/c1-17-21(18(2)28(26-17)15-19-10-6-4-7-11-19)14-25-24(30)23-22(31-3)16-29(27-23)20-12-8-5-9-13-20/h4-13,16H,14-15H2,1-3H3,(H,25,30). The zero-order chi connectivity index (χ0) is 21.8. The summed E-state index contributed by atoms with van der Waals surface area (Å²) in [5, 5.41) is 12.0. The molecule has 7 heteroatoms. The molecule has 4 aromatic rings. The zero-order valence-corrected chi connectivity index (χ0v) is 17.9. The summed E-state index contributed by atoms with van der Waals surface area (Å²) in [7, 11) is 1.53. The SMILES string of the molecule is COc1cn(-c2ccccc2)nc1C(=O)NCc1c(C)nn(Cc2ccccc2)c1C. The maximum atomic E-state index is 12.9. The first-order valence-electron chi connectivity index (χ1n) is 10.1. The molecular weight excluding hydrogens is 390 g/mol. The number of nitrogens with one attached hydrogen (secondary N) is 1. The second kappa shape index (κ2) is 8.87. The Kier molecular flexibility index (Phi) is 5.84. The molecule has 0 atom stereocenters. The summed E-state index contributed by atoms with van der Waals surface area (Å²) in [6.45, 7) is 5.04. The van der Waals surface area contributed by atoms with Crippen LogP contribution in [0.1, 0.15) is 33.0 Å². The molecular formula is C24H25N5O2. The largest absolute Gasteiger partial charge is 0.493 e. The van der Waals surface area contributed by atoms with Crippen molar-refractivity contribution in [3.05, 3.63) is 95.1 Å². The van der Waals surface area contributed by atoms with Crippen LogP contribution in [-0.2, 0) is 13.1 Å². The number of para-hydroxylation sites is 1. The van der Waals surface area contributed by atoms with Crippen LogP contribution in [0.4, 0.5) is 0 Å². The maximum absolute atomic E-state index is 12.9. The molecule has 0 fully saturated rings. The van der Waals surface area contributed by atoms with Crippen molar-refractivity contribution < 1.29 is 9.53 Å². The van der Waals surface area contributed by atoms with E-state index in [1.54, 1.807) is 10.9 Å². The quantitative estimate of drug-likeness (QED) is 0.500. The minimum absolute atomic E-state index is 0.248. The van der Waals surface area contributed by atoms with Crippen molar-refractivity contribution in [2.24, 2.45) is 0 Å². The summed E-state index contributed by atoms with van der Waals surface area (Å²) in [5.74, 6) is 0.135. The molecule has 0 aliphatic heterocycles. The van der Waals surface area contributed by atoms with E-state index in [0.717, 1.165) is 22.6 Å². The molecule has 1 N–H and O–H groups in total. The number of carbonyl (C=O) groups excluding carboxylic acids is 1. The molecule has 0 saturated heterocycles. The van der Waals surface area contributed by atoms with Gasteiger partial charge in [0.2, 0.25) is 0 Å². The van der Waals surface area contributed by atoms with Gasteiger partial charge in [-0.1, -0.05) is 48.5 Å². The number of carbonyl (C=O) groups is 1. The molecule has 0 aliphatic rings. The lowest BCUT2D eigenvalue weighted by Crippen LogP contribution is -2.24. The van der Waals surface area contributed by atoms with Crippen molar-refractivity contribution in [3.63, 3.8) is 0 Å². The van der Waals surface area contributed by atoms with Crippen LogP contribution in [0.5, 0.6) is 5.75 Å². The van der Waals surface area contributed by atoms with Crippen LogP contribution >= 0.6 is 0 Å². The van der Waals surface area contributed by atoms with Gasteiger partial charge in [-0.3, -0.25) is 9.48 Å². The second-order valence-corrected chi connectivity index (χ2v) is 7.30. The maximum Gasteiger partial charge on any atom is 0.275 e. The second-order valence-electron chi connectivity index (χ2n) is 7.30. The minimum atomic E-state index is -0.291. The lowest BCUT2D eigenvalue weighted by Gasteiger charge is -2.07. The van der Waals surface area contributed by atoms with Gasteiger partial charge < -0.3 is 10.1 Å². The summed E-state index contributed by atoms with van der Waals surface area (Å²) >= 11 is 0. The third-order valence-electron chi connectivity index (χ3n) is 5.27. The number of amides is 1. The molecule has 2 aromatic heterocycles. The van der Waals surface area contributed by atoms with Crippen molar-refractivity contribution in [2.75, 3.05) is 7.11 Å². The van der Waals surface area contributed by atoms with Crippen LogP contribution in [0.2, 0.25) is 0 Å². The van der Waals surface area contributed by atoms with E-state index in [4.69, 9.17) is 4.74 Å². The Bertz CT molecular complexity index is 1180. The summed E-state index contributed by atoms with van der Waals surface area (Å²) in [4.78, 5) is 12.9. The zero-order valence-electron chi connectivity index (χ0n) is 17.9. The van der Waals surface area contributed by atoms with Gasteiger partial charge in [-0.05, 0) is 31.5 Å². The highest BCUT2D eigenvalue weighted by atomic mass is 16.5. The van der Waals surface area contributed by atoms with Crippen molar-refractivity contribution in [1.82, 2.24) is 24.9 Å². The van der Waals surface area contributed by atoms with Gasteiger partial charge in [-0.2, -0.15) is 10.2 Å². The molecule has 4 rings (SSSR count). The first-order valence-corrected chi connectivity index (χ1v) is 10.1. The predicted octanol–water partition coefficient (Wildman–Crippen LogP) is 3.67. The van der Waals surface area contributed by atoms with E-state index in [9.17, 15) is 4.79 Å². The van der Waals surface area contributed by atoms with E-state index in [1.807, 2.05) is 67.1 Å². The van der Waals surface area contributed by atoms with Crippen molar-refractivity contribution in [3.8, 4) is 11.4 Å². The topological polar surface area (TPSA) is 74.0 Å². The Hall–Kier alpha value is -3.87. The fourth-order valence-corrected chi connectivity index (χ4v) is 3.53. The molecule has 31 heavy (non-hydrogen) atoms. The normalized spacial score (nSPS) is 10.8. The van der Waals surface area contributed by atoms with Crippen LogP contribution in [0.15, 0.2) is 66.9 Å². The number of aromatic nitrogens is 4. The van der Waals surface area contributed by atoms with E-state index >= 15 is 0 Å². The fraction of sp³-hybridized carbons (Fsp3) is 0.208. The van der Waals surface area contributed by atoms with Gasteiger partial charge in [0.25, 0.3) is 5.91 Å². The fourth-order valence-electron chi connectivity index (χ4n) is 3.53. The molecule has 0 aliphatic carbocycles. The van der Waals surface area contributed by atoms with E-state index in [2.05, 4.69) is 27.6 Å². The van der Waals surface area contributed by atoms with Gasteiger partial charge in [0.05, 0.1) is 31.2 Å². The van der Waals surface area contributed by atoms with Gasteiger partial charge in [-0.15, -0.1) is 0 Å². The average Bonchev–Trinajstić information content (AvgIpc) is 3.35. The molecule has 0 radical (unpaired) electrons. The van der Waals surface area contributed by atoms with E-state index in [0.29, 0.717) is 18.8 Å². The Morgan fingerprint density at radius 3 is 2.35 bits per heavy atom. The molecule has 7 nitrogen and oxygen atoms in total. The number of hydrogen-bond acceptors (Lipinski definition) is 4. The third kappa shape index (κ3) is 4.35. The van der Waals surface area contributed by atoms with E-state index < -0.39 is 0 Å². The summed E-state index contributed by atoms with van der Waals surface area (Å²) in [6, 6.07) is 19.8. The monoisotopic (exact) mass is 415 g/mol. The van der Waals surface area contributed by atoms with Gasteiger partial charge in [0.15, 0.2) is 11.4 Å². The van der Waals surface area contributed by atoms with Crippen LogP contribution in [0.25, 0.3) is 5.69 Å². The Morgan fingerprint density at radius 2 is 1.68 bits per heavy atom. The molecule has 0 unspecified atom stereocenters. The molecule has 158 valence electrons. The highest BCUT2D eigenvalue weighted by molar-refractivity contribution is 5.94. The average molecular weight is 415 g/mol. The van der Waals surface area contributed by atoms with Gasteiger partial charge in [-0.25, -0.2) is 4.68 Å². The van der Waals surface area contributed by atoms with Crippen molar-refractivity contribution in [1.29, 1.82) is 0 Å². The highest BCUT2D eigenvalue weighted by Gasteiger charge is 2.20. The number of ether oxygens (including phenoxy) is 1. The van der Waals surface area contributed by atoms with Gasteiger partial charge in [0.1, 0.15) is 0 Å². The molecule has 2 heterocycles. The first kappa shape index (κ1) is 20.4. The van der Waals surface area contributed by atoms with Gasteiger partial charge in [0, 0.05) is 17.8 Å². The number of hydrogen-bond donors (Lipinski definition) is 1. The molecule has 0 saturated carbocycles. The lowest BCUT2D eigenvalue weighted by atomic mass is 10.2. The lowest BCUT2D eigenvalue weighted by molar-refractivity contribution is 0.0942. The smallest absolute Gasteiger partial charge is 0.275 e.